The van der Waals surface area contributed by atoms with E-state index >= 15 is 0 Å². The number of carboxylic acid groups (broad SMARTS) is 1. The molecule has 0 radical (unpaired) electrons. The third-order valence-electron chi connectivity index (χ3n) is 3.75. The smallest absolute Gasteiger partial charge is 0.341 e. The molecule has 0 atom stereocenters. The molecule has 1 N–H and O–H groups in total. The standard InChI is InChI=1S/C19H13ClINO6S/c1-27-14-6-10(5-13(21)17(14)28-9-16(23)24)7-15-18(25)22(19(26)29-15)12-4-2-3-11(20)8-12/h2-8H,9H2,1H3,(H,23,24)/b15-7+. The van der Waals surface area contributed by atoms with Gasteiger partial charge in [0.15, 0.2) is 18.1 Å². The van der Waals surface area contributed by atoms with E-state index in [2.05, 4.69) is 0 Å². The quantitative estimate of drug-likeness (QED) is 0.417. The number of aliphatic carboxylic acids is 1. The van der Waals surface area contributed by atoms with Gasteiger partial charge in [-0.25, -0.2) is 9.69 Å². The topological polar surface area (TPSA) is 93.1 Å². The lowest BCUT2D eigenvalue weighted by Crippen LogP contribution is -2.27. The Hall–Kier alpha value is -2.24. The molecule has 2 amide bonds. The van der Waals surface area contributed by atoms with Crippen molar-refractivity contribution in [3.8, 4) is 11.5 Å². The van der Waals surface area contributed by atoms with Crippen molar-refractivity contribution >= 4 is 74.8 Å². The highest BCUT2D eigenvalue weighted by Crippen LogP contribution is 2.39. The summed E-state index contributed by atoms with van der Waals surface area (Å²) < 4.78 is 11.1. The Morgan fingerprint density at radius 1 is 1.31 bits per heavy atom. The van der Waals surface area contributed by atoms with Crippen molar-refractivity contribution < 1.29 is 29.0 Å². The molecular weight excluding hydrogens is 533 g/mol. The van der Waals surface area contributed by atoms with E-state index in [4.69, 9.17) is 26.2 Å². The minimum Gasteiger partial charge on any atom is -0.493 e. The number of imide groups is 1. The molecule has 0 saturated carbocycles. The van der Waals surface area contributed by atoms with Gasteiger partial charge in [-0.2, -0.15) is 0 Å². The van der Waals surface area contributed by atoms with Crippen LogP contribution in [0.4, 0.5) is 10.5 Å². The molecule has 0 aliphatic carbocycles. The van der Waals surface area contributed by atoms with E-state index < -0.39 is 23.7 Å². The summed E-state index contributed by atoms with van der Waals surface area (Å²) >= 11 is 8.76. The minimum atomic E-state index is -1.11. The number of benzene rings is 2. The van der Waals surface area contributed by atoms with Crippen LogP contribution in [0.2, 0.25) is 5.02 Å². The Balaban J connectivity index is 1.92. The highest BCUT2D eigenvalue weighted by molar-refractivity contribution is 14.1. The van der Waals surface area contributed by atoms with Crippen molar-refractivity contribution in [2.75, 3.05) is 18.6 Å². The predicted molar refractivity (Wildman–Crippen MR) is 119 cm³/mol. The predicted octanol–water partition coefficient (Wildman–Crippen LogP) is 4.66. The summed E-state index contributed by atoms with van der Waals surface area (Å²) in [6, 6.07) is 9.79. The van der Waals surface area contributed by atoms with Crippen molar-refractivity contribution in [2.24, 2.45) is 0 Å². The van der Waals surface area contributed by atoms with E-state index in [0.29, 0.717) is 31.3 Å². The molecule has 1 saturated heterocycles. The zero-order valence-corrected chi connectivity index (χ0v) is 18.6. The number of amides is 2. The normalized spacial score (nSPS) is 15.1. The van der Waals surface area contributed by atoms with E-state index in [0.717, 1.165) is 16.7 Å². The molecule has 1 fully saturated rings. The zero-order valence-electron chi connectivity index (χ0n) is 14.8. The second-order valence-electron chi connectivity index (χ2n) is 5.71. The van der Waals surface area contributed by atoms with Crippen molar-refractivity contribution in [2.45, 2.75) is 0 Å². The number of nitrogens with zero attached hydrogens (tertiary/aromatic N) is 1. The maximum Gasteiger partial charge on any atom is 0.341 e. The fourth-order valence-electron chi connectivity index (χ4n) is 2.55. The van der Waals surface area contributed by atoms with Crippen molar-refractivity contribution in [3.05, 3.63) is 55.5 Å². The van der Waals surface area contributed by atoms with E-state index in [1.54, 1.807) is 42.5 Å². The summed E-state index contributed by atoms with van der Waals surface area (Å²) in [6.45, 7) is -0.510. The number of anilines is 1. The number of hydrogen-bond donors (Lipinski definition) is 1. The number of carbonyl (C=O) groups is 3. The van der Waals surface area contributed by atoms with Gasteiger partial charge >= 0.3 is 5.97 Å². The first-order chi connectivity index (χ1) is 13.8. The average molecular weight is 546 g/mol. The molecule has 0 bridgehead atoms. The zero-order chi connectivity index (χ0) is 21.1. The third kappa shape index (κ3) is 4.85. The van der Waals surface area contributed by atoms with E-state index in [1.807, 2.05) is 22.6 Å². The number of ether oxygens (including phenoxy) is 2. The first-order valence-electron chi connectivity index (χ1n) is 8.06. The van der Waals surface area contributed by atoms with Gasteiger partial charge in [0.25, 0.3) is 11.1 Å². The Morgan fingerprint density at radius 2 is 2.07 bits per heavy atom. The van der Waals surface area contributed by atoms with Gasteiger partial charge in [-0.15, -0.1) is 0 Å². The van der Waals surface area contributed by atoms with Crippen LogP contribution < -0.4 is 14.4 Å². The average Bonchev–Trinajstić information content (AvgIpc) is 2.93. The fourth-order valence-corrected chi connectivity index (χ4v) is 4.36. The maximum atomic E-state index is 12.8. The molecule has 1 aliphatic heterocycles. The van der Waals surface area contributed by atoms with Crippen LogP contribution in [0.1, 0.15) is 5.56 Å². The number of carboxylic acids is 1. The molecule has 150 valence electrons. The summed E-state index contributed by atoms with van der Waals surface area (Å²) in [5, 5.41) is 8.79. The van der Waals surface area contributed by atoms with Crippen LogP contribution in [0.3, 0.4) is 0 Å². The third-order valence-corrected chi connectivity index (χ3v) is 5.66. The largest absolute Gasteiger partial charge is 0.493 e. The van der Waals surface area contributed by atoms with Crippen LogP contribution in [0.15, 0.2) is 41.3 Å². The highest BCUT2D eigenvalue weighted by atomic mass is 127. The summed E-state index contributed by atoms with van der Waals surface area (Å²) in [6.07, 6.45) is 1.57. The van der Waals surface area contributed by atoms with Crippen molar-refractivity contribution in [1.82, 2.24) is 0 Å². The lowest BCUT2D eigenvalue weighted by molar-refractivity contribution is -0.139. The number of hydrogen-bond acceptors (Lipinski definition) is 6. The van der Waals surface area contributed by atoms with Crippen LogP contribution in [0.25, 0.3) is 6.08 Å². The molecule has 1 aliphatic rings. The van der Waals surface area contributed by atoms with Gasteiger partial charge in [0.1, 0.15) is 0 Å². The number of thioether (sulfide) groups is 1. The van der Waals surface area contributed by atoms with Crippen molar-refractivity contribution in [3.63, 3.8) is 0 Å². The summed E-state index contributed by atoms with van der Waals surface area (Å²) in [5.41, 5.74) is 0.999. The number of rotatable bonds is 6. The molecule has 2 aromatic rings. The van der Waals surface area contributed by atoms with Gasteiger partial charge in [0, 0.05) is 5.02 Å². The Morgan fingerprint density at radius 3 is 2.72 bits per heavy atom. The van der Waals surface area contributed by atoms with E-state index in [1.165, 1.54) is 7.11 Å². The lowest BCUT2D eigenvalue weighted by Gasteiger charge is -2.13. The van der Waals surface area contributed by atoms with Crippen molar-refractivity contribution in [1.29, 1.82) is 0 Å². The second-order valence-corrected chi connectivity index (χ2v) is 8.31. The molecule has 1 heterocycles. The Labute approximate surface area is 188 Å². The molecule has 0 aromatic heterocycles. The maximum absolute atomic E-state index is 12.8. The molecule has 0 spiro atoms. The number of methoxy groups -OCH3 is 1. The van der Waals surface area contributed by atoms with Crippen LogP contribution in [0, 0.1) is 3.57 Å². The molecule has 7 nitrogen and oxygen atoms in total. The van der Waals surface area contributed by atoms with E-state index in [9.17, 15) is 14.4 Å². The first-order valence-corrected chi connectivity index (χ1v) is 10.3. The molecule has 3 rings (SSSR count). The number of carbonyl (C=O) groups excluding carboxylic acids is 2. The van der Waals surface area contributed by atoms with Crippen LogP contribution in [-0.2, 0) is 9.59 Å². The first kappa shape index (κ1) is 21.5. The van der Waals surface area contributed by atoms with Crippen LogP contribution in [0.5, 0.6) is 11.5 Å². The number of halogens is 2. The fraction of sp³-hybridized carbons (Fsp3) is 0.105. The Kier molecular flexibility index (Phi) is 6.70. The summed E-state index contributed by atoms with van der Waals surface area (Å²) in [4.78, 5) is 37.2. The lowest BCUT2D eigenvalue weighted by atomic mass is 10.1. The highest BCUT2D eigenvalue weighted by Gasteiger charge is 2.36. The monoisotopic (exact) mass is 545 g/mol. The van der Waals surface area contributed by atoms with Gasteiger partial charge in [0.2, 0.25) is 0 Å². The molecule has 0 unspecified atom stereocenters. The van der Waals surface area contributed by atoms with Crippen LogP contribution >= 0.6 is 46.0 Å². The van der Waals surface area contributed by atoms with Crippen LogP contribution in [-0.4, -0.2) is 35.9 Å². The second kappa shape index (κ2) is 9.06. The summed E-state index contributed by atoms with van der Waals surface area (Å²) in [5.74, 6) is -0.956. The van der Waals surface area contributed by atoms with E-state index in [-0.39, 0.29) is 4.91 Å². The molecule has 2 aromatic carbocycles. The SMILES string of the molecule is COc1cc(/C=C2/SC(=O)N(c3cccc(Cl)c3)C2=O)cc(I)c1OCC(=O)O. The molecular formula is C19H13ClINO6S. The minimum absolute atomic E-state index is 0.243. The van der Waals surface area contributed by atoms with Gasteiger partial charge in [-0.05, 0) is 76.3 Å². The van der Waals surface area contributed by atoms with Gasteiger partial charge < -0.3 is 14.6 Å². The molecule has 29 heavy (non-hydrogen) atoms. The summed E-state index contributed by atoms with van der Waals surface area (Å²) in [7, 11) is 1.43. The van der Waals surface area contributed by atoms with Gasteiger partial charge in [-0.1, -0.05) is 17.7 Å². The Bertz CT molecular complexity index is 1040. The van der Waals surface area contributed by atoms with Gasteiger partial charge in [0.05, 0.1) is 21.3 Å². The van der Waals surface area contributed by atoms with Gasteiger partial charge in [-0.3, -0.25) is 9.59 Å². The molecule has 10 heteroatoms.